The molecule has 2 atom stereocenters. The first-order valence-corrected chi connectivity index (χ1v) is 8.87. The minimum atomic E-state index is -3.32. The number of hydrogen-bond acceptors (Lipinski definition) is 5. The molecule has 0 aliphatic heterocycles. The second-order valence-corrected chi connectivity index (χ2v) is 8.11. The number of rotatable bonds is 8. The molecule has 5 nitrogen and oxygen atoms in total. The molecule has 0 aliphatic carbocycles. The van der Waals surface area contributed by atoms with E-state index in [9.17, 15) is 8.42 Å². The minimum Gasteiger partial charge on any atom is -0.315 e. The van der Waals surface area contributed by atoms with Crippen molar-refractivity contribution in [3.05, 3.63) is 16.1 Å². The molecule has 0 saturated carbocycles. The smallest absolute Gasteiger partial charge is 0.216 e. The molecule has 0 amide bonds. The van der Waals surface area contributed by atoms with Crippen LogP contribution in [0.1, 0.15) is 43.1 Å². The van der Waals surface area contributed by atoms with Crippen molar-refractivity contribution in [2.24, 2.45) is 0 Å². The molecular weight excluding hydrogens is 282 g/mol. The normalized spacial score (nSPS) is 15.4. The van der Waals surface area contributed by atoms with Crippen LogP contribution in [-0.2, 0) is 10.0 Å². The van der Waals surface area contributed by atoms with Crippen LogP contribution in [0.25, 0.3) is 0 Å². The predicted molar refractivity (Wildman–Crippen MR) is 79.9 cm³/mol. The predicted octanol–water partition coefficient (Wildman–Crippen LogP) is 1.82. The van der Waals surface area contributed by atoms with Gasteiger partial charge in [0.1, 0.15) is 5.01 Å². The monoisotopic (exact) mass is 305 g/mol. The fourth-order valence-corrected chi connectivity index (χ4v) is 3.60. The molecule has 0 spiro atoms. The van der Waals surface area contributed by atoms with Gasteiger partial charge >= 0.3 is 0 Å². The molecule has 0 bridgehead atoms. The van der Waals surface area contributed by atoms with E-state index >= 15 is 0 Å². The molecule has 0 aromatic carbocycles. The topological polar surface area (TPSA) is 71.1 Å². The molecule has 2 unspecified atom stereocenters. The van der Waals surface area contributed by atoms with Gasteiger partial charge in [0.25, 0.3) is 0 Å². The van der Waals surface area contributed by atoms with Gasteiger partial charge in [-0.3, -0.25) is 0 Å². The molecule has 0 radical (unpaired) electrons. The standard InChI is InChI=1S/C12H23N3O2S2/c1-5-6-13-8-10(3)19(16,17)15-11(4)12-14-7-9(2)18-12/h7,10-11,13,15H,5-6,8H2,1-4H3. The Labute approximate surface area is 119 Å². The third kappa shape index (κ3) is 5.18. The van der Waals surface area contributed by atoms with Gasteiger partial charge in [-0.25, -0.2) is 18.1 Å². The summed E-state index contributed by atoms with van der Waals surface area (Å²) >= 11 is 1.52. The highest BCUT2D eigenvalue weighted by molar-refractivity contribution is 7.90. The maximum Gasteiger partial charge on any atom is 0.216 e. The van der Waals surface area contributed by atoms with Crippen LogP contribution in [0.4, 0.5) is 0 Å². The Morgan fingerprint density at radius 2 is 2.11 bits per heavy atom. The third-order valence-electron chi connectivity index (χ3n) is 2.74. The molecule has 2 N–H and O–H groups in total. The quantitative estimate of drug-likeness (QED) is 0.719. The Hall–Kier alpha value is -0.500. The number of thiazole rings is 1. The van der Waals surface area contributed by atoms with Crippen LogP contribution in [-0.4, -0.2) is 31.7 Å². The summed E-state index contributed by atoms with van der Waals surface area (Å²) in [5.74, 6) is 0. The summed E-state index contributed by atoms with van der Waals surface area (Å²) in [6, 6.07) is -0.280. The molecule has 1 heterocycles. The minimum absolute atomic E-state index is 0.280. The Bertz CT molecular complexity index is 485. The van der Waals surface area contributed by atoms with E-state index in [1.807, 2.05) is 13.8 Å². The molecule has 110 valence electrons. The van der Waals surface area contributed by atoms with Crippen LogP contribution < -0.4 is 10.0 Å². The van der Waals surface area contributed by atoms with Gasteiger partial charge in [-0.2, -0.15) is 0 Å². The van der Waals surface area contributed by atoms with Gasteiger partial charge in [0.05, 0.1) is 11.3 Å². The molecule has 1 aromatic rings. The first kappa shape index (κ1) is 16.6. The van der Waals surface area contributed by atoms with E-state index in [1.165, 1.54) is 11.3 Å². The maximum absolute atomic E-state index is 12.1. The summed E-state index contributed by atoms with van der Waals surface area (Å²) in [6.45, 7) is 8.84. The van der Waals surface area contributed by atoms with E-state index in [-0.39, 0.29) is 6.04 Å². The van der Waals surface area contributed by atoms with E-state index in [1.54, 1.807) is 13.1 Å². The van der Waals surface area contributed by atoms with Crippen LogP contribution in [0.2, 0.25) is 0 Å². The lowest BCUT2D eigenvalue weighted by molar-refractivity contribution is 0.544. The van der Waals surface area contributed by atoms with Crippen molar-refractivity contribution in [3.8, 4) is 0 Å². The second-order valence-electron chi connectivity index (χ2n) is 4.71. The second kappa shape index (κ2) is 7.33. The van der Waals surface area contributed by atoms with Gasteiger partial charge in [-0.15, -0.1) is 11.3 Å². The zero-order valence-electron chi connectivity index (χ0n) is 11.9. The van der Waals surface area contributed by atoms with Crippen molar-refractivity contribution < 1.29 is 8.42 Å². The highest BCUT2D eigenvalue weighted by atomic mass is 32.2. The molecule has 7 heteroatoms. The number of nitrogens with zero attached hydrogens (tertiary/aromatic N) is 1. The largest absolute Gasteiger partial charge is 0.315 e. The van der Waals surface area contributed by atoms with E-state index in [2.05, 4.69) is 21.9 Å². The van der Waals surface area contributed by atoms with Gasteiger partial charge in [0.15, 0.2) is 0 Å². The summed E-state index contributed by atoms with van der Waals surface area (Å²) in [4.78, 5) is 5.29. The molecule has 0 saturated heterocycles. The van der Waals surface area contributed by atoms with Crippen LogP contribution >= 0.6 is 11.3 Å². The van der Waals surface area contributed by atoms with Gasteiger partial charge in [-0.05, 0) is 33.7 Å². The van der Waals surface area contributed by atoms with Gasteiger partial charge in [-0.1, -0.05) is 6.92 Å². The summed E-state index contributed by atoms with van der Waals surface area (Å²) in [5, 5.41) is 3.47. The lowest BCUT2D eigenvalue weighted by Gasteiger charge is -2.17. The highest BCUT2D eigenvalue weighted by Crippen LogP contribution is 2.20. The molecule has 0 aliphatic rings. The van der Waals surface area contributed by atoms with E-state index < -0.39 is 15.3 Å². The number of aromatic nitrogens is 1. The van der Waals surface area contributed by atoms with Crippen LogP contribution in [0.15, 0.2) is 6.20 Å². The maximum atomic E-state index is 12.1. The SMILES string of the molecule is CCCNCC(C)S(=O)(=O)NC(C)c1ncc(C)s1. The molecule has 1 rings (SSSR count). The Balaban J connectivity index is 2.58. The number of aryl methyl sites for hydroxylation is 1. The molecular formula is C12H23N3O2S2. The van der Waals surface area contributed by atoms with E-state index in [0.29, 0.717) is 6.54 Å². The van der Waals surface area contributed by atoms with Crippen LogP contribution in [0.3, 0.4) is 0 Å². The van der Waals surface area contributed by atoms with Gasteiger partial charge in [0, 0.05) is 17.6 Å². The lowest BCUT2D eigenvalue weighted by atomic mass is 10.4. The number of nitrogens with one attached hydrogen (secondary N) is 2. The average Bonchev–Trinajstić information content (AvgIpc) is 2.75. The fraction of sp³-hybridized carbons (Fsp3) is 0.750. The lowest BCUT2D eigenvalue weighted by Crippen LogP contribution is -2.40. The summed E-state index contributed by atoms with van der Waals surface area (Å²) in [6.07, 6.45) is 2.76. The van der Waals surface area contributed by atoms with Gasteiger partial charge in [0.2, 0.25) is 10.0 Å². The number of sulfonamides is 1. The number of hydrogen-bond donors (Lipinski definition) is 2. The molecule has 0 fully saturated rings. The fourth-order valence-electron chi connectivity index (χ4n) is 1.58. The van der Waals surface area contributed by atoms with Crippen molar-refractivity contribution in [3.63, 3.8) is 0 Å². The average molecular weight is 305 g/mol. The molecule has 19 heavy (non-hydrogen) atoms. The van der Waals surface area contributed by atoms with Crippen molar-refractivity contribution in [1.29, 1.82) is 0 Å². The Morgan fingerprint density at radius 1 is 1.42 bits per heavy atom. The van der Waals surface area contributed by atoms with Crippen LogP contribution in [0, 0.1) is 6.92 Å². The zero-order chi connectivity index (χ0) is 14.5. The first-order chi connectivity index (χ1) is 8.86. The van der Waals surface area contributed by atoms with E-state index in [0.717, 1.165) is 22.9 Å². The van der Waals surface area contributed by atoms with Crippen LogP contribution in [0.5, 0.6) is 0 Å². The third-order valence-corrected chi connectivity index (χ3v) is 5.74. The first-order valence-electron chi connectivity index (χ1n) is 6.51. The molecule has 1 aromatic heterocycles. The van der Waals surface area contributed by atoms with Crippen molar-refractivity contribution >= 4 is 21.4 Å². The summed E-state index contributed by atoms with van der Waals surface area (Å²) < 4.78 is 27.0. The van der Waals surface area contributed by atoms with Gasteiger partial charge < -0.3 is 5.32 Å². The summed E-state index contributed by atoms with van der Waals surface area (Å²) in [5.41, 5.74) is 0. The van der Waals surface area contributed by atoms with E-state index in [4.69, 9.17) is 0 Å². The highest BCUT2D eigenvalue weighted by Gasteiger charge is 2.24. The Morgan fingerprint density at radius 3 is 2.63 bits per heavy atom. The van der Waals surface area contributed by atoms with Crippen molar-refractivity contribution in [2.45, 2.75) is 45.4 Å². The van der Waals surface area contributed by atoms with Crippen molar-refractivity contribution in [2.75, 3.05) is 13.1 Å². The van der Waals surface area contributed by atoms with Crippen molar-refractivity contribution in [1.82, 2.24) is 15.0 Å². The Kier molecular flexibility index (Phi) is 6.38. The summed E-state index contributed by atoms with van der Waals surface area (Å²) in [7, 11) is -3.32. The zero-order valence-corrected chi connectivity index (χ0v) is 13.6.